The highest BCUT2D eigenvalue weighted by Crippen LogP contribution is 2.12. The molecule has 0 aliphatic rings. The summed E-state index contributed by atoms with van der Waals surface area (Å²) in [4.78, 5) is 35.0. The molecule has 1 unspecified atom stereocenters. The van der Waals surface area contributed by atoms with Crippen molar-refractivity contribution in [3.05, 3.63) is 23.2 Å². The number of carbonyl (C=O) groups is 3. The summed E-state index contributed by atoms with van der Waals surface area (Å²) in [5, 5.41) is 2.54. The topological polar surface area (TPSA) is 100 Å². The molecule has 1 aromatic heterocycles. The molecule has 1 heterocycles. The van der Waals surface area contributed by atoms with E-state index in [0.29, 0.717) is 17.1 Å². The van der Waals surface area contributed by atoms with Crippen molar-refractivity contribution in [2.75, 3.05) is 0 Å². The molecule has 0 spiro atoms. The van der Waals surface area contributed by atoms with Gasteiger partial charge in [-0.3, -0.25) is 25.2 Å². The van der Waals surface area contributed by atoms with Gasteiger partial charge in [0.25, 0.3) is 11.8 Å². The van der Waals surface area contributed by atoms with Crippen molar-refractivity contribution < 1.29 is 18.8 Å². The van der Waals surface area contributed by atoms with Crippen molar-refractivity contribution in [1.29, 1.82) is 0 Å². The fraction of sp³-hybridized carbons (Fsp3) is 0.500. The second kappa shape index (κ2) is 6.92. The van der Waals surface area contributed by atoms with Gasteiger partial charge in [0.1, 0.15) is 17.6 Å². The van der Waals surface area contributed by atoms with Crippen molar-refractivity contribution in [3.63, 3.8) is 0 Å². The van der Waals surface area contributed by atoms with Crippen LogP contribution in [0.5, 0.6) is 0 Å². The minimum atomic E-state index is -0.713. The van der Waals surface area contributed by atoms with E-state index in [0.717, 1.165) is 0 Å². The first-order valence-corrected chi connectivity index (χ1v) is 6.66. The molecule has 7 nitrogen and oxygen atoms in total. The van der Waals surface area contributed by atoms with Crippen LogP contribution < -0.4 is 16.2 Å². The number of aryl methyl sites for hydroxylation is 2. The Bertz CT molecular complexity index is 548. The van der Waals surface area contributed by atoms with Crippen LogP contribution >= 0.6 is 0 Å². The van der Waals surface area contributed by atoms with Crippen molar-refractivity contribution in [2.45, 2.75) is 40.7 Å². The molecule has 3 N–H and O–H groups in total. The predicted molar refractivity (Wildman–Crippen MR) is 76.2 cm³/mol. The summed E-state index contributed by atoms with van der Waals surface area (Å²) < 4.78 is 5.25. The molecule has 0 aliphatic heterocycles. The van der Waals surface area contributed by atoms with Gasteiger partial charge in [-0.05, 0) is 25.8 Å². The summed E-state index contributed by atoms with van der Waals surface area (Å²) in [5.41, 5.74) is 4.98. The van der Waals surface area contributed by atoms with Crippen LogP contribution in [-0.4, -0.2) is 23.8 Å². The van der Waals surface area contributed by atoms with Crippen LogP contribution in [0.25, 0.3) is 0 Å². The number of furan rings is 1. The van der Waals surface area contributed by atoms with Crippen LogP contribution in [0.2, 0.25) is 0 Å². The van der Waals surface area contributed by atoms with Gasteiger partial charge in [-0.1, -0.05) is 13.8 Å². The molecular weight excluding hydrogens is 274 g/mol. The van der Waals surface area contributed by atoms with Gasteiger partial charge in [-0.15, -0.1) is 0 Å². The second-order valence-electron chi connectivity index (χ2n) is 5.19. The predicted octanol–water partition coefficient (Wildman–Crippen LogP) is 0.818. The Kier molecular flexibility index (Phi) is 5.52. The standard InChI is InChI=1S/C14H21N3O4/c1-7(2)12(15-10(5)18)14(20)17-16-13(19)11-6-8(3)21-9(11)4/h6-7,12H,1-5H3,(H,15,18)(H,16,19)(H,17,20). The first-order valence-electron chi connectivity index (χ1n) is 6.66. The second-order valence-corrected chi connectivity index (χ2v) is 5.19. The number of hydrogen-bond donors (Lipinski definition) is 3. The van der Waals surface area contributed by atoms with Crippen LogP contribution in [0.3, 0.4) is 0 Å². The molecule has 0 saturated carbocycles. The van der Waals surface area contributed by atoms with Crippen molar-refractivity contribution in [2.24, 2.45) is 5.92 Å². The SMILES string of the molecule is CC(=O)NC(C(=O)NNC(=O)c1cc(C)oc1C)C(C)C. The molecule has 0 radical (unpaired) electrons. The lowest BCUT2D eigenvalue weighted by Crippen LogP contribution is -2.54. The summed E-state index contributed by atoms with van der Waals surface area (Å²) in [7, 11) is 0. The van der Waals surface area contributed by atoms with E-state index in [4.69, 9.17) is 4.42 Å². The largest absolute Gasteiger partial charge is 0.466 e. The lowest BCUT2D eigenvalue weighted by atomic mass is 10.0. The lowest BCUT2D eigenvalue weighted by molar-refractivity contribution is -0.129. The van der Waals surface area contributed by atoms with Crippen LogP contribution in [-0.2, 0) is 9.59 Å². The fourth-order valence-electron chi connectivity index (χ4n) is 1.87. The van der Waals surface area contributed by atoms with E-state index in [1.807, 2.05) is 0 Å². The Hall–Kier alpha value is -2.31. The molecule has 3 amide bonds. The third-order valence-corrected chi connectivity index (χ3v) is 2.89. The summed E-state index contributed by atoms with van der Waals surface area (Å²) >= 11 is 0. The normalized spacial score (nSPS) is 11.9. The van der Waals surface area contributed by atoms with Gasteiger partial charge in [-0.25, -0.2) is 0 Å². The zero-order valence-electron chi connectivity index (χ0n) is 12.9. The van der Waals surface area contributed by atoms with Gasteiger partial charge in [0.2, 0.25) is 5.91 Å². The number of hydrazine groups is 1. The molecule has 0 saturated heterocycles. The lowest BCUT2D eigenvalue weighted by Gasteiger charge is -2.20. The molecule has 7 heteroatoms. The Morgan fingerprint density at radius 3 is 2.19 bits per heavy atom. The maximum absolute atomic E-state index is 12.0. The average Bonchev–Trinajstić information content (AvgIpc) is 2.71. The number of carbonyl (C=O) groups excluding carboxylic acids is 3. The number of hydrogen-bond acceptors (Lipinski definition) is 4. The van der Waals surface area contributed by atoms with Crippen molar-refractivity contribution in [1.82, 2.24) is 16.2 Å². The van der Waals surface area contributed by atoms with Gasteiger partial charge in [0.15, 0.2) is 0 Å². The Morgan fingerprint density at radius 2 is 1.76 bits per heavy atom. The third-order valence-electron chi connectivity index (χ3n) is 2.89. The van der Waals surface area contributed by atoms with Crippen molar-refractivity contribution >= 4 is 17.7 Å². The quantitative estimate of drug-likeness (QED) is 0.716. The van der Waals surface area contributed by atoms with Gasteiger partial charge in [0.05, 0.1) is 5.56 Å². The molecule has 116 valence electrons. The van der Waals surface area contributed by atoms with Crippen LogP contribution in [0.4, 0.5) is 0 Å². The minimum absolute atomic E-state index is 0.108. The molecule has 0 bridgehead atoms. The van der Waals surface area contributed by atoms with E-state index in [9.17, 15) is 14.4 Å². The van der Waals surface area contributed by atoms with E-state index < -0.39 is 17.9 Å². The zero-order valence-corrected chi connectivity index (χ0v) is 12.9. The molecule has 0 aliphatic carbocycles. The number of nitrogens with one attached hydrogen (secondary N) is 3. The maximum Gasteiger partial charge on any atom is 0.273 e. The molecule has 0 aromatic carbocycles. The first kappa shape index (κ1) is 16.7. The van der Waals surface area contributed by atoms with Gasteiger partial charge in [-0.2, -0.15) is 0 Å². The number of rotatable bonds is 4. The molecule has 1 aromatic rings. The maximum atomic E-state index is 12.0. The highest BCUT2D eigenvalue weighted by molar-refractivity contribution is 5.97. The summed E-state index contributed by atoms with van der Waals surface area (Å²) in [6, 6.07) is 0.875. The minimum Gasteiger partial charge on any atom is -0.466 e. The van der Waals surface area contributed by atoms with Gasteiger partial charge < -0.3 is 9.73 Å². The van der Waals surface area contributed by atoms with Crippen LogP contribution in [0, 0.1) is 19.8 Å². The Balaban J connectivity index is 2.64. The van der Waals surface area contributed by atoms with E-state index >= 15 is 0 Å². The average molecular weight is 295 g/mol. The monoisotopic (exact) mass is 295 g/mol. The summed E-state index contributed by atoms with van der Waals surface area (Å²) in [5.74, 6) is -0.279. The Morgan fingerprint density at radius 1 is 1.14 bits per heavy atom. The highest BCUT2D eigenvalue weighted by Gasteiger charge is 2.23. The zero-order chi connectivity index (χ0) is 16.2. The van der Waals surface area contributed by atoms with E-state index in [1.165, 1.54) is 6.92 Å². The molecule has 1 atom stereocenters. The van der Waals surface area contributed by atoms with E-state index in [-0.39, 0.29) is 11.8 Å². The van der Waals surface area contributed by atoms with Gasteiger partial charge >= 0.3 is 0 Å². The molecule has 21 heavy (non-hydrogen) atoms. The molecule has 1 rings (SSSR count). The highest BCUT2D eigenvalue weighted by atomic mass is 16.3. The van der Waals surface area contributed by atoms with Crippen LogP contribution in [0.15, 0.2) is 10.5 Å². The van der Waals surface area contributed by atoms with Crippen LogP contribution in [0.1, 0.15) is 42.6 Å². The fourth-order valence-corrected chi connectivity index (χ4v) is 1.87. The third kappa shape index (κ3) is 4.62. The van der Waals surface area contributed by atoms with E-state index in [1.54, 1.807) is 33.8 Å². The summed E-state index contributed by atoms with van der Waals surface area (Å²) in [6.07, 6.45) is 0. The molecule has 0 fully saturated rings. The molecular formula is C14H21N3O4. The van der Waals surface area contributed by atoms with Gasteiger partial charge in [0, 0.05) is 6.92 Å². The smallest absolute Gasteiger partial charge is 0.273 e. The summed E-state index contributed by atoms with van der Waals surface area (Å²) in [6.45, 7) is 8.32. The number of amides is 3. The van der Waals surface area contributed by atoms with E-state index in [2.05, 4.69) is 16.2 Å². The first-order chi connectivity index (χ1) is 9.72. The van der Waals surface area contributed by atoms with Crippen molar-refractivity contribution in [3.8, 4) is 0 Å². The Labute approximate surface area is 123 Å².